The number of carboxylic acids is 4. The van der Waals surface area contributed by atoms with E-state index in [1.54, 1.807) is 0 Å². The van der Waals surface area contributed by atoms with Gasteiger partial charge in [-0.2, -0.15) is 0 Å². The molecule has 236 valence electrons. The minimum Gasteiger partial charge on any atom is -1.00 e. The summed E-state index contributed by atoms with van der Waals surface area (Å²) in [6.07, 6.45) is 0. The number of rotatable bonds is 8. The van der Waals surface area contributed by atoms with Crippen molar-refractivity contribution < 1.29 is 298 Å². The summed E-state index contributed by atoms with van der Waals surface area (Å²) < 4.78 is 17.1. The molecule has 0 saturated carbocycles. The van der Waals surface area contributed by atoms with Gasteiger partial charge in [0.15, 0.2) is 39.3 Å². The molecule has 2 aliphatic rings. The third-order valence-electron chi connectivity index (χ3n) is 4.95. The smallest absolute Gasteiger partial charge is 1.00 e. The summed E-state index contributed by atoms with van der Waals surface area (Å²) in [4.78, 5) is 88.9. The van der Waals surface area contributed by atoms with E-state index in [1.807, 2.05) is 0 Å². The number of esters is 4. The van der Waals surface area contributed by atoms with E-state index in [0.29, 0.717) is 0 Å². The van der Waals surface area contributed by atoms with Gasteiger partial charge in [0.05, 0.1) is 11.9 Å². The minimum atomic E-state index is -1.60. The molecule has 8 N–H and O–H groups in total. The average molecular weight is 745 g/mol. The van der Waals surface area contributed by atoms with Gasteiger partial charge in [0, 0.05) is 0 Å². The van der Waals surface area contributed by atoms with Crippen LogP contribution < -0.4 is 228 Å². The molecular formula is C20H36K4N4O16. The standard InChI is InChI=1S/2C10H13NO8.4K.2H3N.4H/c2*12-7(13)3-11(4-8(14)15)5-9(16)18-1-2-19-10(17)6-11;;;;;;;;;;/h2*1-6H2,(H-,12,13,14,15);;;;;2*1H3;;;;/q;;4*+1;;;4*-1. The van der Waals surface area contributed by atoms with E-state index in [2.05, 4.69) is 9.47 Å². The van der Waals surface area contributed by atoms with Gasteiger partial charge in [-0.1, -0.05) is 0 Å². The zero-order chi connectivity index (χ0) is 28.9. The molecule has 0 unspecified atom stereocenters. The number of carboxylic acid groups (broad SMARTS) is 4. The van der Waals surface area contributed by atoms with Crippen molar-refractivity contribution in [1.82, 2.24) is 12.3 Å². The van der Waals surface area contributed by atoms with Gasteiger partial charge < -0.3 is 67.0 Å². The van der Waals surface area contributed by atoms with Crippen LogP contribution in [0.3, 0.4) is 0 Å². The van der Waals surface area contributed by atoms with Gasteiger partial charge in [-0.05, 0) is 0 Å². The van der Waals surface area contributed by atoms with Crippen molar-refractivity contribution in [1.29, 1.82) is 0 Å². The summed E-state index contributed by atoms with van der Waals surface area (Å²) in [5.74, 6) is -8.99. The fraction of sp³-hybridized carbons (Fsp3) is 0.600. The van der Waals surface area contributed by atoms with E-state index in [0.717, 1.165) is 0 Å². The fourth-order valence-electron chi connectivity index (χ4n) is 3.69. The second kappa shape index (κ2) is 30.0. The molecule has 44 heavy (non-hydrogen) atoms. The molecular weight excluding hydrogens is 709 g/mol. The Morgan fingerprint density at radius 2 is 0.750 bits per heavy atom. The molecule has 0 aromatic heterocycles. The van der Waals surface area contributed by atoms with Crippen molar-refractivity contribution in [3.8, 4) is 0 Å². The Morgan fingerprint density at radius 1 is 0.545 bits per heavy atom. The summed E-state index contributed by atoms with van der Waals surface area (Å²) >= 11 is 0. The Hall–Kier alpha value is 2.15. The normalized spacial score (nSPS) is 16.7. The van der Waals surface area contributed by atoms with Crippen LogP contribution in [0.5, 0.6) is 0 Å². The van der Waals surface area contributed by atoms with Crippen molar-refractivity contribution in [2.45, 2.75) is 0 Å². The Balaban J connectivity index is -0.0000000622. The summed E-state index contributed by atoms with van der Waals surface area (Å²) in [6.45, 7) is -5.82. The molecule has 0 bridgehead atoms. The van der Waals surface area contributed by atoms with Crippen LogP contribution in [-0.4, -0.2) is 146 Å². The number of quaternary nitrogens is 2. The number of hydrogen-bond acceptors (Lipinski definition) is 16. The van der Waals surface area contributed by atoms with Gasteiger partial charge in [0.1, 0.15) is 39.5 Å². The molecule has 24 heteroatoms. The zero-order valence-electron chi connectivity index (χ0n) is 29.4. The van der Waals surface area contributed by atoms with Crippen molar-refractivity contribution in [3.63, 3.8) is 0 Å². The van der Waals surface area contributed by atoms with Crippen LogP contribution in [0.4, 0.5) is 0 Å². The third kappa shape index (κ3) is 26.1. The molecule has 20 nitrogen and oxygen atoms in total. The van der Waals surface area contributed by atoms with E-state index in [9.17, 15) is 48.6 Å². The quantitative estimate of drug-likeness (QED) is 0.0775. The van der Waals surface area contributed by atoms with Crippen LogP contribution in [0.15, 0.2) is 0 Å². The monoisotopic (exact) mass is 744 g/mol. The van der Waals surface area contributed by atoms with Gasteiger partial charge in [-0.15, -0.1) is 0 Å². The van der Waals surface area contributed by atoms with Crippen LogP contribution in [0, 0.1) is 0 Å². The van der Waals surface area contributed by atoms with Crippen LogP contribution in [0.25, 0.3) is 0 Å². The second-order valence-corrected chi connectivity index (χ2v) is 8.36. The first-order valence-electron chi connectivity index (χ1n) is 10.8. The number of cyclic esters (lactones) is 4. The number of carbonyl (C=O) groups is 8. The first-order valence-corrected chi connectivity index (χ1v) is 10.8. The van der Waals surface area contributed by atoms with Crippen LogP contribution in [-0.2, 0) is 57.3 Å². The predicted molar refractivity (Wildman–Crippen MR) is 123 cm³/mol. The first kappa shape index (κ1) is 58.4. The first-order chi connectivity index (χ1) is 17.7. The maximum Gasteiger partial charge on any atom is 1.00 e. The summed E-state index contributed by atoms with van der Waals surface area (Å²) in [7, 11) is 0. The SMILES string of the molecule is N.N.O=C(O)C[N+]1(CC(=O)O)CC(=O)OCCOC(=O)C1.O=C([O-])C[N+]1(CC(=O)[O-])CC(=O)OCCOC(=O)C1.[H-].[H-].[H-].[H-].[K+].[K+].[K+].[K+]. The zero-order valence-corrected chi connectivity index (χ0v) is 37.9. The van der Waals surface area contributed by atoms with Crippen LogP contribution >= 0.6 is 0 Å². The Kier molecular flexibility index (Phi) is 39.8. The minimum absolute atomic E-state index is 0. The molecule has 0 radical (unpaired) electrons. The molecule has 2 saturated heterocycles. The molecule has 2 aliphatic heterocycles. The van der Waals surface area contributed by atoms with Gasteiger partial charge in [0.25, 0.3) is 0 Å². The summed E-state index contributed by atoms with van der Waals surface area (Å²) in [5.41, 5.74) is 0. The Morgan fingerprint density at radius 3 is 0.932 bits per heavy atom. The molecule has 0 aromatic carbocycles. The van der Waals surface area contributed by atoms with Crippen molar-refractivity contribution in [3.05, 3.63) is 0 Å². The molecule has 0 aromatic rings. The summed E-state index contributed by atoms with van der Waals surface area (Å²) in [5, 5.41) is 39.1. The number of carbonyl (C=O) groups excluding carboxylic acids is 6. The number of aliphatic carboxylic acids is 4. The Bertz CT molecular complexity index is 855. The molecule has 2 rings (SSSR count). The van der Waals surface area contributed by atoms with Gasteiger partial charge in [-0.25, -0.2) is 28.8 Å². The topological polar surface area (TPSA) is 330 Å². The van der Waals surface area contributed by atoms with Gasteiger partial charge in [-0.3, -0.25) is 8.97 Å². The maximum atomic E-state index is 11.5. The van der Waals surface area contributed by atoms with E-state index < -0.39 is 109 Å². The molecule has 0 aliphatic carbocycles. The van der Waals surface area contributed by atoms with E-state index in [-0.39, 0.29) is 250 Å². The third-order valence-corrected chi connectivity index (χ3v) is 4.95. The van der Waals surface area contributed by atoms with E-state index in [1.165, 1.54) is 0 Å². The fourth-order valence-corrected chi connectivity index (χ4v) is 3.69. The molecule has 0 atom stereocenters. The van der Waals surface area contributed by atoms with Crippen molar-refractivity contribution in [2.24, 2.45) is 0 Å². The van der Waals surface area contributed by atoms with E-state index >= 15 is 0 Å². The number of ether oxygens (including phenoxy) is 4. The van der Waals surface area contributed by atoms with Crippen LogP contribution in [0.1, 0.15) is 5.71 Å². The molecule has 2 fully saturated rings. The van der Waals surface area contributed by atoms with Crippen LogP contribution in [0.2, 0.25) is 0 Å². The maximum absolute atomic E-state index is 11.5. The van der Waals surface area contributed by atoms with Gasteiger partial charge in [0.2, 0.25) is 0 Å². The largest absolute Gasteiger partial charge is 1.00 e. The van der Waals surface area contributed by atoms with E-state index in [4.69, 9.17) is 19.7 Å². The van der Waals surface area contributed by atoms with Crippen molar-refractivity contribution in [2.75, 3.05) is 78.8 Å². The molecule has 0 amide bonds. The Labute approximate surface area is 427 Å². The average Bonchev–Trinajstić information content (AvgIpc) is 2.82. The number of nitrogens with zero attached hydrogens (tertiary/aromatic N) is 2. The van der Waals surface area contributed by atoms with Gasteiger partial charge >= 0.3 is 241 Å². The molecule has 0 spiro atoms. The second-order valence-electron chi connectivity index (χ2n) is 8.36. The predicted octanol–water partition coefficient (Wildman–Crippen LogP) is -17.7. The number of hydrogen-bond donors (Lipinski definition) is 4. The van der Waals surface area contributed by atoms with Crippen molar-refractivity contribution >= 4 is 47.8 Å². The summed E-state index contributed by atoms with van der Waals surface area (Å²) in [6, 6.07) is 0. The molecule has 2 heterocycles.